The van der Waals surface area contributed by atoms with E-state index >= 15 is 0 Å². The lowest BCUT2D eigenvalue weighted by Gasteiger charge is -2.25. The number of thiophene rings is 1. The number of fused-ring (bicyclic) bond motifs is 1. The Morgan fingerprint density at radius 2 is 1.72 bits per heavy atom. The maximum Gasteiger partial charge on any atom is 0.416 e. The van der Waals surface area contributed by atoms with Crippen molar-refractivity contribution >= 4 is 22.9 Å². The molecule has 0 atom stereocenters. The molecule has 3 aromatic rings. The van der Waals surface area contributed by atoms with Crippen LogP contribution in [-0.2, 0) is 12.7 Å². The normalized spacial score (nSPS) is 13.2. The Bertz CT molecular complexity index is 1000. The van der Waals surface area contributed by atoms with Crippen molar-refractivity contribution in [2.24, 2.45) is 0 Å². The number of amides is 1. The molecule has 0 bridgehead atoms. The van der Waals surface area contributed by atoms with Gasteiger partial charge in [-0.3, -0.25) is 4.79 Å². The van der Waals surface area contributed by atoms with Crippen LogP contribution in [0.5, 0.6) is 11.5 Å². The summed E-state index contributed by atoms with van der Waals surface area (Å²) in [6.07, 6.45) is -4.45. The van der Waals surface area contributed by atoms with Gasteiger partial charge in [-0.2, -0.15) is 13.2 Å². The van der Waals surface area contributed by atoms with E-state index in [0.29, 0.717) is 30.4 Å². The fourth-order valence-electron chi connectivity index (χ4n) is 3.00. The van der Waals surface area contributed by atoms with Gasteiger partial charge in [0, 0.05) is 22.2 Å². The third-order valence-electron chi connectivity index (χ3n) is 4.44. The van der Waals surface area contributed by atoms with Crippen LogP contribution in [0.25, 0.3) is 0 Å². The third-order valence-corrected chi connectivity index (χ3v) is 5.30. The number of nitrogens with zero attached hydrogens (tertiary/aromatic N) is 1. The van der Waals surface area contributed by atoms with E-state index in [2.05, 4.69) is 0 Å². The van der Waals surface area contributed by atoms with Crippen LogP contribution < -0.4 is 14.4 Å². The summed E-state index contributed by atoms with van der Waals surface area (Å²) >= 11 is 1.49. The smallest absolute Gasteiger partial charge is 0.416 e. The molecule has 0 unspecified atom stereocenters. The molecule has 1 amide bonds. The maximum atomic E-state index is 13.2. The molecule has 4 nitrogen and oxygen atoms in total. The third kappa shape index (κ3) is 4.22. The minimum atomic E-state index is -4.45. The number of carbonyl (C=O) groups is 1. The Hall–Kier alpha value is -3.00. The predicted molar refractivity (Wildman–Crippen MR) is 104 cm³/mol. The highest BCUT2D eigenvalue weighted by molar-refractivity contribution is 7.09. The van der Waals surface area contributed by atoms with Crippen molar-refractivity contribution in [2.45, 2.75) is 12.7 Å². The molecule has 0 saturated carbocycles. The zero-order valence-corrected chi connectivity index (χ0v) is 15.9. The van der Waals surface area contributed by atoms with E-state index in [-0.39, 0.29) is 12.1 Å². The van der Waals surface area contributed by atoms with Gasteiger partial charge in [0.15, 0.2) is 11.5 Å². The zero-order chi connectivity index (χ0) is 20.4. The van der Waals surface area contributed by atoms with Crippen LogP contribution in [-0.4, -0.2) is 19.1 Å². The van der Waals surface area contributed by atoms with E-state index in [9.17, 15) is 18.0 Å². The Kier molecular flexibility index (Phi) is 5.19. The number of hydrogen-bond acceptors (Lipinski definition) is 4. The quantitative estimate of drug-likeness (QED) is 0.570. The Labute approximate surface area is 169 Å². The molecule has 0 N–H and O–H groups in total. The molecule has 0 spiro atoms. The Morgan fingerprint density at radius 1 is 1.00 bits per heavy atom. The first-order valence-electron chi connectivity index (χ1n) is 8.83. The van der Waals surface area contributed by atoms with Crippen molar-refractivity contribution in [3.63, 3.8) is 0 Å². The highest BCUT2D eigenvalue weighted by Crippen LogP contribution is 2.35. The van der Waals surface area contributed by atoms with Crippen LogP contribution >= 0.6 is 11.3 Å². The van der Waals surface area contributed by atoms with Gasteiger partial charge in [-0.1, -0.05) is 6.07 Å². The number of anilines is 1. The van der Waals surface area contributed by atoms with Crippen molar-refractivity contribution in [2.75, 3.05) is 18.1 Å². The number of alkyl halides is 3. The van der Waals surface area contributed by atoms with Gasteiger partial charge in [0.2, 0.25) is 0 Å². The second kappa shape index (κ2) is 7.79. The van der Waals surface area contributed by atoms with E-state index in [1.807, 2.05) is 17.5 Å². The van der Waals surface area contributed by atoms with Crippen molar-refractivity contribution in [3.05, 3.63) is 76.0 Å². The molecular weight excluding hydrogens is 403 g/mol. The number of halogens is 3. The molecule has 0 aliphatic carbocycles. The standard InChI is InChI=1S/C21H16F3NO3S/c22-21(23,24)15-5-3-14(4-6-15)20(26)25(13-17-2-1-11-29-17)16-7-8-18-19(12-16)28-10-9-27-18/h1-8,11-12H,9-10,13H2. The summed E-state index contributed by atoms with van der Waals surface area (Å²) < 4.78 is 49.6. The molecule has 2 heterocycles. The molecular formula is C21H16F3NO3S. The zero-order valence-electron chi connectivity index (χ0n) is 15.1. The molecule has 150 valence electrons. The van der Waals surface area contributed by atoms with Gasteiger partial charge >= 0.3 is 6.18 Å². The van der Waals surface area contributed by atoms with Gasteiger partial charge in [0.05, 0.1) is 12.1 Å². The first kappa shape index (κ1) is 19.3. The largest absolute Gasteiger partial charge is 0.486 e. The fraction of sp³-hybridized carbons (Fsp3) is 0.190. The van der Waals surface area contributed by atoms with E-state index in [4.69, 9.17) is 9.47 Å². The first-order valence-corrected chi connectivity index (χ1v) is 9.71. The summed E-state index contributed by atoms with van der Waals surface area (Å²) in [4.78, 5) is 15.6. The molecule has 0 fully saturated rings. The van der Waals surface area contributed by atoms with E-state index in [0.717, 1.165) is 17.0 Å². The maximum absolute atomic E-state index is 13.2. The minimum Gasteiger partial charge on any atom is -0.486 e. The van der Waals surface area contributed by atoms with Crippen molar-refractivity contribution in [3.8, 4) is 11.5 Å². The molecule has 0 saturated heterocycles. The van der Waals surface area contributed by atoms with Gasteiger partial charge in [-0.15, -0.1) is 11.3 Å². The highest BCUT2D eigenvalue weighted by Gasteiger charge is 2.30. The van der Waals surface area contributed by atoms with E-state index in [1.165, 1.54) is 28.4 Å². The van der Waals surface area contributed by atoms with E-state index < -0.39 is 17.6 Å². The molecule has 4 rings (SSSR count). The Morgan fingerprint density at radius 3 is 2.38 bits per heavy atom. The summed E-state index contributed by atoms with van der Waals surface area (Å²) in [5.41, 5.74) is -0.0461. The summed E-state index contributed by atoms with van der Waals surface area (Å²) in [5.74, 6) is 0.729. The SMILES string of the molecule is O=C(c1ccc(C(F)(F)F)cc1)N(Cc1cccs1)c1ccc2c(c1)OCCO2. The van der Waals surface area contributed by atoms with Crippen LogP contribution in [0.15, 0.2) is 60.0 Å². The number of ether oxygens (including phenoxy) is 2. The number of benzene rings is 2. The van der Waals surface area contributed by atoms with Crippen molar-refractivity contribution < 1.29 is 27.4 Å². The summed E-state index contributed by atoms with van der Waals surface area (Å²) in [6, 6.07) is 13.2. The van der Waals surface area contributed by atoms with Crippen LogP contribution in [0.3, 0.4) is 0 Å². The summed E-state index contributed by atoms with van der Waals surface area (Å²) in [7, 11) is 0. The Balaban J connectivity index is 1.68. The summed E-state index contributed by atoms with van der Waals surface area (Å²) in [6.45, 7) is 1.15. The minimum absolute atomic E-state index is 0.171. The number of carbonyl (C=O) groups excluding carboxylic acids is 1. The second-order valence-electron chi connectivity index (χ2n) is 6.37. The van der Waals surface area contributed by atoms with Gasteiger partial charge in [0.25, 0.3) is 5.91 Å². The van der Waals surface area contributed by atoms with Gasteiger partial charge in [0.1, 0.15) is 13.2 Å². The molecule has 29 heavy (non-hydrogen) atoms. The average molecular weight is 419 g/mol. The predicted octanol–water partition coefficient (Wildman–Crippen LogP) is 5.39. The number of rotatable bonds is 4. The van der Waals surface area contributed by atoms with Crippen molar-refractivity contribution in [1.29, 1.82) is 0 Å². The molecule has 1 aliphatic rings. The monoisotopic (exact) mass is 419 g/mol. The van der Waals surface area contributed by atoms with Gasteiger partial charge < -0.3 is 14.4 Å². The van der Waals surface area contributed by atoms with Gasteiger partial charge in [-0.25, -0.2) is 0 Å². The van der Waals surface area contributed by atoms with Gasteiger partial charge in [-0.05, 0) is 47.8 Å². The molecule has 8 heteroatoms. The molecule has 1 aromatic heterocycles. The number of hydrogen-bond donors (Lipinski definition) is 0. The van der Waals surface area contributed by atoms with Crippen molar-refractivity contribution in [1.82, 2.24) is 0 Å². The molecule has 1 aliphatic heterocycles. The second-order valence-corrected chi connectivity index (χ2v) is 7.41. The fourth-order valence-corrected chi connectivity index (χ4v) is 3.69. The lowest BCUT2D eigenvalue weighted by Crippen LogP contribution is -2.30. The van der Waals surface area contributed by atoms with Crippen LogP contribution in [0.2, 0.25) is 0 Å². The van der Waals surface area contributed by atoms with Crippen LogP contribution in [0.1, 0.15) is 20.8 Å². The lowest BCUT2D eigenvalue weighted by molar-refractivity contribution is -0.137. The topological polar surface area (TPSA) is 38.8 Å². The first-order chi connectivity index (χ1) is 13.9. The van der Waals surface area contributed by atoms with Crippen LogP contribution in [0, 0.1) is 0 Å². The van der Waals surface area contributed by atoms with Crippen LogP contribution in [0.4, 0.5) is 18.9 Å². The highest BCUT2D eigenvalue weighted by atomic mass is 32.1. The lowest BCUT2D eigenvalue weighted by atomic mass is 10.1. The average Bonchev–Trinajstić information content (AvgIpc) is 3.24. The summed E-state index contributed by atoms with van der Waals surface area (Å²) in [5, 5.41) is 1.90. The molecule has 0 radical (unpaired) electrons. The molecule has 2 aromatic carbocycles. The van der Waals surface area contributed by atoms with E-state index in [1.54, 1.807) is 18.2 Å².